The minimum Gasteiger partial charge on any atom is -0.381 e. The van der Waals surface area contributed by atoms with Crippen molar-refractivity contribution >= 4 is 0 Å². The molecule has 0 aromatic carbocycles. The van der Waals surface area contributed by atoms with E-state index in [9.17, 15) is 0 Å². The molecule has 1 aliphatic heterocycles. The molecular weight excluding hydrogens is 198 g/mol. The van der Waals surface area contributed by atoms with Crippen LogP contribution in [0.2, 0.25) is 0 Å². The van der Waals surface area contributed by atoms with Gasteiger partial charge in [-0.1, -0.05) is 20.3 Å². The molecule has 1 saturated carbocycles. The first-order valence-corrected chi connectivity index (χ1v) is 7.06. The third-order valence-corrected chi connectivity index (χ3v) is 4.90. The second kappa shape index (κ2) is 5.50. The molecule has 1 N–H and O–H groups in total. The summed E-state index contributed by atoms with van der Waals surface area (Å²) in [6, 6.07) is 1.38. The molecule has 2 nitrogen and oxygen atoms in total. The largest absolute Gasteiger partial charge is 0.381 e. The molecule has 2 heteroatoms. The highest BCUT2D eigenvalue weighted by atomic mass is 16.5. The Kier molecular flexibility index (Phi) is 4.26. The maximum absolute atomic E-state index is 5.47. The zero-order valence-corrected chi connectivity index (χ0v) is 11.0. The normalized spacial score (nSPS) is 41.4. The maximum Gasteiger partial charge on any atom is 0.0509 e. The Morgan fingerprint density at radius 3 is 2.69 bits per heavy atom. The molecule has 16 heavy (non-hydrogen) atoms. The average Bonchev–Trinajstić information content (AvgIpc) is 2.89. The topological polar surface area (TPSA) is 21.3 Å². The smallest absolute Gasteiger partial charge is 0.0509 e. The number of ether oxygens (including phenoxy) is 1. The molecule has 5 atom stereocenters. The predicted molar refractivity (Wildman–Crippen MR) is 67.5 cm³/mol. The minimum atomic E-state index is 0.630. The van der Waals surface area contributed by atoms with Crippen LogP contribution >= 0.6 is 0 Å². The van der Waals surface area contributed by atoms with E-state index in [0.717, 1.165) is 37.0 Å². The van der Waals surface area contributed by atoms with Crippen LogP contribution < -0.4 is 5.32 Å². The predicted octanol–water partition coefficient (Wildman–Crippen LogP) is 2.83. The van der Waals surface area contributed by atoms with Crippen LogP contribution in [0.15, 0.2) is 0 Å². The van der Waals surface area contributed by atoms with Gasteiger partial charge in [-0.2, -0.15) is 0 Å². The summed E-state index contributed by atoms with van der Waals surface area (Å²) in [6.45, 7) is 9.03. The van der Waals surface area contributed by atoms with Crippen LogP contribution in [0.1, 0.15) is 46.5 Å². The fraction of sp³-hybridized carbons (Fsp3) is 1.00. The molecule has 0 spiro atoms. The van der Waals surface area contributed by atoms with Gasteiger partial charge >= 0.3 is 0 Å². The van der Waals surface area contributed by atoms with E-state index in [0.29, 0.717) is 6.04 Å². The molecule has 0 radical (unpaired) electrons. The van der Waals surface area contributed by atoms with Gasteiger partial charge in [-0.25, -0.2) is 0 Å². The van der Waals surface area contributed by atoms with Gasteiger partial charge in [-0.15, -0.1) is 0 Å². The van der Waals surface area contributed by atoms with E-state index in [1.54, 1.807) is 0 Å². The van der Waals surface area contributed by atoms with E-state index in [-0.39, 0.29) is 0 Å². The molecule has 0 amide bonds. The molecule has 0 aromatic rings. The number of hydrogen-bond acceptors (Lipinski definition) is 2. The molecule has 2 fully saturated rings. The van der Waals surface area contributed by atoms with Crippen molar-refractivity contribution in [2.24, 2.45) is 17.8 Å². The Morgan fingerprint density at radius 1 is 1.31 bits per heavy atom. The maximum atomic E-state index is 5.47. The Labute approximate surface area is 100 Å². The first kappa shape index (κ1) is 12.4. The number of rotatable bonds is 4. The van der Waals surface area contributed by atoms with Crippen molar-refractivity contribution in [1.29, 1.82) is 0 Å². The molecule has 2 aliphatic rings. The Bertz CT molecular complexity index is 213. The van der Waals surface area contributed by atoms with Crippen LogP contribution in [0.4, 0.5) is 0 Å². The van der Waals surface area contributed by atoms with Crippen LogP contribution in [-0.2, 0) is 4.74 Å². The minimum absolute atomic E-state index is 0.630. The molecular formula is C14H27NO. The summed E-state index contributed by atoms with van der Waals surface area (Å²) in [7, 11) is 0. The van der Waals surface area contributed by atoms with E-state index < -0.39 is 0 Å². The fourth-order valence-electron chi connectivity index (χ4n) is 3.48. The van der Waals surface area contributed by atoms with Crippen LogP contribution in [0.3, 0.4) is 0 Å². The van der Waals surface area contributed by atoms with Gasteiger partial charge in [0.1, 0.15) is 0 Å². The summed E-state index contributed by atoms with van der Waals surface area (Å²) in [4.78, 5) is 0. The van der Waals surface area contributed by atoms with Crippen LogP contribution in [0, 0.1) is 17.8 Å². The van der Waals surface area contributed by atoms with Crippen molar-refractivity contribution in [3.05, 3.63) is 0 Å². The highest BCUT2D eigenvalue weighted by Gasteiger charge is 2.33. The summed E-state index contributed by atoms with van der Waals surface area (Å²) in [5, 5.41) is 3.85. The van der Waals surface area contributed by atoms with Crippen LogP contribution in [0.25, 0.3) is 0 Å². The van der Waals surface area contributed by atoms with Gasteiger partial charge in [0, 0.05) is 18.7 Å². The van der Waals surface area contributed by atoms with Crippen molar-refractivity contribution < 1.29 is 4.74 Å². The van der Waals surface area contributed by atoms with Gasteiger partial charge in [0.25, 0.3) is 0 Å². The summed E-state index contributed by atoms with van der Waals surface area (Å²) in [6.07, 6.45) is 5.38. The molecule has 0 bridgehead atoms. The summed E-state index contributed by atoms with van der Waals surface area (Å²) in [5.74, 6) is 2.55. The van der Waals surface area contributed by atoms with Crippen molar-refractivity contribution in [2.45, 2.75) is 58.5 Å². The second-order valence-corrected chi connectivity index (χ2v) is 5.79. The third-order valence-electron chi connectivity index (χ3n) is 4.90. The molecule has 1 saturated heterocycles. The van der Waals surface area contributed by atoms with Gasteiger partial charge in [-0.05, 0) is 43.9 Å². The molecule has 0 aromatic heterocycles. The van der Waals surface area contributed by atoms with Gasteiger partial charge in [0.15, 0.2) is 0 Å². The van der Waals surface area contributed by atoms with E-state index in [1.165, 1.54) is 25.7 Å². The van der Waals surface area contributed by atoms with Gasteiger partial charge in [0.05, 0.1) is 6.61 Å². The van der Waals surface area contributed by atoms with Crippen molar-refractivity contribution in [1.82, 2.24) is 5.32 Å². The lowest BCUT2D eigenvalue weighted by Crippen LogP contribution is -2.43. The Balaban J connectivity index is 1.80. The van der Waals surface area contributed by atoms with E-state index >= 15 is 0 Å². The number of hydrogen-bond donors (Lipinski definition) is 1. The van der Waals surface area contributed by atoms with Crippen LogP contribution in [0.5, 0.6) is 0 Å². The first-order valence-electron chi connectivity index (χ1n) is 7.06. The SMILES string of the molecule is CCC1CCC(NC(C)C2CCOC2)C1C. The highest BCUT2D eigenvalue weighted by Crippen LogP contribution is 2.34. The summed E-state index contributed by atoms with van der Waals surface area (Å²) < 4.78 is 5.47. The fourth-order valence-corrected chi connectivity index (χ4v) is 3.48. The molecule has 94 valence electrons. The van der Waals surface area contributed by atoms with Crippen molar-refractivity contribution in [2.75, 3.05) is 13.2 Å². The zero-order chi connectivity index (χ0) is 11.5. The number of nitrogens with one attached hydrogen (secondary N) is 1. The lowest BCUT2D eigenvalue weighted by atomic mass is 9.92. The van der Waals surface area contributed by atoms with Crippen LogP contribution in [-0.4, -0.2) is 25.3 Å². The molecule has 1 heterocycles. The van der Waals surface area contributed by atoms with Crippen molar-refractivity contribution in [3.63, 3.8) is 0 Å². The monoisotopic (exact) mass is 225 g/mol. The third kappa shape index (κ3) is 2.60. The lowest BCUT2D eigenvalue weighted by Gasteiger charge is -2.27. The van der Waals surface area contributed by atoms with Gasteiger partial charge in [-0.3, -0.25) is 0 Å². The standard InChI is InChI=1S/C14H27NO/c1-4-12-5-6-14(10(12)2)15-11(3)13-7-8-16-9-13/h10-15H,4-9H2,1-3H3. The summed E-state index contributed by atoms with van der Waals surface area (Å²) in [5.41, 5.74) is 0. The first-order chi connectivity index (χ1) is 7.72. The zero-order valence-electron chi connectivity index (χ0n) is 11.0. The molecule has 5 unspecified atom stereocenters. The van der Waals surface area contributed by atoms with Gasteiger partial charge < -0.3 is 10.1 Å². The summed E-state index contributed by atoms with van der Waals surface area (Å²) >= 11 is 0. The quantitative estimate of drug-likeness (QED) is 0.794. The van der Waals surface area contributed by atoms with E-state index in [4.69, 9.17) is 4.74 Å². The second-order valence-electron chi connectivity index (χ2n) is 5.79. The van der Waals surface area contributed by atoms with E-state index in [2.05, 4.69) is 26.1 Å². The Morgan fingerprint density at radius 2 is 2.12 bits per heavy atom. The molecule has 2 rings (SSSR count). The highest BCUT2D eigenvalue weighted by molar-refractivity contribution is 4.89. The average molecular weight is 225 g/mol. The van der Waals surface area contributed by atoms with E-state index in [1.807, 2.05) is 0 Å². The van der Waals surface area contributed by atoms with Crippen molar-refractivity contribution in [3.8, 4) is 0 Å². The Hall–Kier alpha value is -0.0800. The lowest BCUT2D eigenvalue weighted by molar-refractivity contribution is 0.174. The molecule has 1 aliphatic carbocycles. The van der Waals surface area contributed by atoms with Gasteiger partial charge in [0.2, 0.25) is 0 Å².